The number of aromatic hydroxyl groups is 1. The number of hydrogen-bond donors (Lipinski definition) is 2. The zero-order chi connectivity index (χ0) is 24.0. The Kier molecular flexibility index (Phi) is 7.55. The largest absolute Gasteiger partial charge is 0.497 e. The summed E-state index contributed by atoms with van der Waals surface area (Å²) in [7, 11) is 1.61. The first-order chi connectivity index (χ1) is 15.7. The molecule has 0 unspecified atom stereocenters. The van der Waals surface area contributed by atoms with Gasteiger partial charge in [-0.2, -0.15) is 5.10 Å². The maximum atomic E-state index is 12.0. The molecule has 1 aromatic heterocycles. The number of ether oxygens (including phenoxy) is 2. The van der Waals surface area contributed by atoms with Crippen molar-refractivity contribution in [2.24, 2.45) is 10.1 Å². The van der Waals surface area contributed by atoms with Gasteiger partial charge >= 0.3 is 6.09 Å². The van der Waals surface area contributed by atoms with E-state index in [1.807, 2.05) is 54.6 Å². The number of hydrazone groups is 1. The van der Waals surface area contributed by atoms with Gasteiger partial charge in [0.2, 0.25) is 5.88 Å². The highest BCUT2D eigenvalue weighted by Crippen LogP contribution is 2.24. The van der Waals surface area contributed by atoms with Gasteiger partial charge in [-0.05, 0) is 57.5 Å². The number of thiazole rings is 1. The summed E-state index contributed by atoms with van der Waals surface area (Å²) in [5.41, 5.74) is 3.89. The van der Waals surface area contributed by atoms with Crippen molar-refractivity contribution < 1.29 is 19.4 Å². The Hall–Kier alpha value is -3.59. The second-order valence-electron chi connectivity index (χ2n) is 8.23. The molecule has 0 aliphatic carbocycles. The Bertz CT molecular complexity index is 1190. The third-order valence-corrected chi connectivity index (χ3v) is 5.58. The standard InChI is InChI=1S/C24H28N4O4S/c1-16(26-27-23(30)32-24(2,3)4)20-21(29)28(15-17-9-7-6-8-10-17)22(33-20)25-18-11-13-19(31-5)14-12-18/h6-14,29H,15H2,1-5H3,(H,27,30)/b25-22?,26-16-. The molecule has 0 bridgehead atoms. The molecule has 9 heteroatoms. The monoisotopic (exact) mass is 468 g/mol. The molecule has 2 N–H and O–H groups in total. The number of hydrogen-bond acceptors (Lipinski definition) is 7. The highest BCUT2D eigenvalue weighted by Gasteiger charge is 2.18. The van der Waals surface area contributed by atoms with Gasteiger partial charge in [0, 0.05) is 0 Å². The fourth-order valence-electron chi connectivity index (χ4n) is 2.88. The van der Waals surface area contributed by atoms with Crippen molar-refractivity contribution >= 4 is 28.8 Å². The SMILES string of the molecule is COc1ccc(N=c2sc(/C(C)=N\NC(=O)OC(C)(C)C)c(O)n2Cc2ccccc2)cc1. The Morgan fingerprint density at radius 1 is 1.12 bits per heavy atom. The van der Waals surface area contributed by atoms with Crippen molar-refractivity contribution in [3.8, 4) is 11.6 Å². The number of carbonyl (C=O) groups is 1. The molecule has 0 radical (unpaired) electrons. The van der Waals surface area contributed by atoms with E-state index in [9.17, 15) is 9.90 Å². The van der Waals surface area contributed by atoms with Gasteiger partial charge in [-0.15, -0.1) is 0 Å². The lowest BCUT2D eigenvalue weighted by molar-refractivity contribution is 0.0529. The van der Waals surface area contributed by atoms with Gasteiger partial charge in [0.15, 0.2) is 4.80 Å². The maximum Gasteiger partial charge on any atom is 0.428 e. The Balaban J connectivity index is 1.99. The van der Waals surface area contributed by atoms with Crippen LogP contribution in [0.4, 0.5) is 10.5 Å². The van der Waals surface area contributed by atoms with Gasteiger partial charge in [0.05, 0.1) is 25.1 Å². The van der Waals surface area contributed by atoms with Crippen molar-refractivity contribution in [1.82, 2.24) is 9.99 Å². The van der Waals surface area contributed by atoms with Crippen LogP contribution in [0.1, 0.15) is 38.1 Å². The van der Waals surface area contributed by atoms with Gasteiger partial charge < -0.3 is 14.6 Å². The minimum atomic E-state index is -0.668. The van der Waals surface area contributed by atoms with E-state index in [1.54, 1.807) is 39.4 Å². The second-order valence-corrected chi connectivity index (χ2v) is 9.21. The van der Waals surface area contributed by atoms with Gasteiger partial charge in [0.25, 0.3) is 0 Å². The van der Waals surface area contributed by atoms with Gasteiger partial charge in [-0.25, -0.2) is 15.2 Å². The summed E-state index contributed by atoms with van der Waals surface area (Å²) in [5.74, 6) is 0.750. The molecule has 0 saturated heterocycles. The topological polar surface area (TPSA) is 97.4 Å². The number of carbonyl (C=O) groups excluding carboxylic acids is 1. The molecular formula is C24H28N4O4S. The highest BCUT2D eigenvalue weighted by molar-refractivity contribution is 7.11. The predicted octanol–water partition coefficient (Wildman–Crippen LogP) is 4.79. The molecule has 33 heavy (non-hydrogen) atoms. The quantitative estimate of drug-likeness (QED) is 0.401. The number of methoxy groups -OCH3 is 1. The lowest BCUT2D eigenvalue weighted by Gasteiger charge is -2.18. The lowest BCUT2D eigenvalue weighted by atomic mass is 10.2. The first-order valence-electron chi connectivity index (χ1n) is 10.4. The van der Waals surface area contributed by atoms with Crippen LogP contribution in [-0.2, 0) is 11.3 Å². The van der Waals surface area contributed by atoms with Crippen LogP contribution in [0.2, 0.25) is 0 Å². The van der Waals surface area contributed by atoms with Gasteiger partial charge in [-0.3, -0.25) is 4.57 Å². The number of benzene rings is 2. The molecule has 0 aliphatic heterocycles. The maximum absolute atomic E-state index is 12.0. The summed E-state index contributed by atoms with van der Waals surface area (Å²) in [6.45, 7) is 7.44. The average molecular weight is 469 g/mol. The summed E-state index contributed by atoms with van der Waals surface area (Å²) >= 11 is 1.28. The third kappa shape index (κ3) is 6.69. The Labute approximate surface area is 196 Å². The molecule has 1 heterocycles. The van der Waals surface area contributed by atoms with E-state index in [-0.39, 0.29) is 5.88 Å². The first-order valence-corrected chi connectivity index (χ1v) is 11.2. The second kappa shape index (κ2) is 10.4. The van der Waals surface area contributed by atoms with E-state index in [2.05, 4.69) is 10.5 Å². The molecule has 0 atom stereocenters. The Morgan fingerprint density at radius 3 is 2.39 bits per heavy atom. The molecule has 174 valence electrons. The van der Waals surface area contributed by atoms with Crippen LogP contribution in [0.25, 0.3) is 0 Å². The van der Waals surface area contributed by atoms with E-state index < -0.39 is 11.7 Å². The summed E-state index contributed by atoms with van der Waals surface area (Å²) < 4.78 is 12.1. The van der Waals surface area contributed by atoms with E-state index in [4.69, 9.17) is 14.5 Å². The van der Waals surface area contributed by atoms with Crippen molar-refractivity contribution in [3.05, 3.63) is 69.8 Å². The van der Waals surface area contributed by atoms with Crippen LogP contribution in [0.5, 0.6) is 11.6 Å². The van der Waals surface area contributed by atoms with E-state index in [0.29, 0.717) is 27.6 Å². The summed E-state index contributed by atoms with van der Waals surface area (Å²) in [5, 5.41) is 15.1. The van der Waals surface area contributed by atoms with Crippen LogP contribution in [-0.4, -0.2) is 34.2 Å². The molecule has 0 spiro atoms. The molecular weight excluding hydrogens is 440 g/mol. The molecule has 3 aromatic rings. The van der Waals surface area contributed by atoms with Crippen molar-refractivity contribution in [1.29, 1.82) is 0 Å². The average Bonchev–Trinajstić information content (AvgIpc) is 3.07. The first kappa shape index (κ1) is 24.1. The van der Waals surface area contributed by atoms with E-state index in [0.717, 1.165) is 11.3 Å². The fraction of sp³-hybridized carbons (Fsp3) is 0.292. The zero-order valence-corrected chi connectivity index (χ0v) is 20.1. The number of nitrogens with one attached hydrogen (secondary N) is 1. The molecule has 0 saturated carbocycles. The predicted molar refractivity (Wildman–Crippen MR) is 129 cm³/mol. The van der Waals surface area contributed by atoms with Crippen molar-refractivity contribution in [2.45, 2.75) is 39.8 Å². The highest BCUT2D eigenvalue weighted by atomic mass is 32.1. The summed E-state index contributed by atoms with van der Waals surface area (Å²) in [6, 6.07) is 17.1. The van der Waals surface area contributed by atoms with Crippen LogP contribution >= 0.6 is 11.3 Å². The normalized spacial score (nSPS) is 12.5. The minimum absolute atomic E-state index is 0.0170. The molecule has 2 aromatic carbocycles. The van der Waals surface area contributed by atoms with Crippen molar-refractivity contribution in [3.63, 3.8) is 0 Å². The zero-order valence-electron chi connectivity index (χ0n) is 19.3. The molecule has 0 aliphatic rings. The smallest absolute Gasteiger partial charge is 0.428 e. The summed E-state index contributed by atoms with van der Waals surface area (Å²) in [6.07, 6.45) is -0.668. The fourth-order valence-corrected chi connectivity index (χ4v) is 3.87. The van der Waals surface area contributed by atoms with Crippen LogP contribution in [0.3, 0.4) is 0 Å². The van der Waals surface area contributed by atoms with Crippen LogP contribution in [0.15, 0.2) is 64.7 Å². The molecule has 0 fully saturated rings. The molecule has 8 nitrogen and oxygen atoms in total. The lowest BCUT2D eigenvalue weighted by Crippen LogP contribution is -2.30. The number of amides is 1. The molecule has 3 rings (SSSR count). The third-order valence-electron chi connectivity index (χ3n) is 4.41. The van der Waals surface area contributed by atoms with Crippen molar-refractivity contribution in [2.75, 3.05) is 7.11 Å². The van der Waals surface area contributed by atoms with Gasteiger partial charge in [-0.1, -0.05) is 41.7 Å². The number of nitrogens with zero attached hydrogens (tertiary/aromatic N) is 3. The van der Waals surface area contributed by atoms with E-state index in [1.165, 1.54) is 11.3 Å². The van der Waals surface area contributed by atoms with Gasteiger partial charge in [0.1, 0.15) is 16.2 Å². The molecule has 1 amide bonds. The number of rotatable bonds is 6. The van der Waals surface area contributed by atoms with E-state index >= 15 is 0 Å². The minimum Gasteiger partial charge on any atom is -0.497 e. The number of aromatic nitrogens is 1. The van der Waals surface area contributed by atoms with Crippen LogP contribution < -0.4 is 15.0 Å². The summed E-state index contributed by atoms with van der Waals surface area (Å²) in [4.78, 5) is 17.8. The Morgan fingerprint density at radius 2 is 1.79 bits per heavy atom. The van der Waals surface area contributed by atoms with Crippen LogP contribution in [0, 0.1) is 0 Å².